The summed E-state index contributed by atoms with van der Waals surface area (Å²) in [6.45, 7) is 1.24. The third kappa shape index (κ3) is 2.61. The molecule has 2 aliphatic rings. The van der Waals surface area contributed by atoms with Gasteiger partial charge in [-0.25, -0.2) is 8.42 Å². The second-order valence-corrected chi connectivity index (χ2v) is 8.10. The largest absolute Gasteiger partial charge is 0.243 e. The number of fused-ring (bicyclic) bond motifs is 1. The Morgan fingerprint density at radius 1 is 1.25 bits per heavy atom. The van der Waals surface area contributed by atoms with Gasteiger partial charge in [0, 0.05) is 19.0 Å². The fourth-order valence-corrected chi connectivity index (χ4v) is 5.15. The number of benzene rings is 1. The number of aryl methyl sites for hydroxylation is 2. The van der Waals surface area contributed by atoms with Gasteiger partial charge in [-0.3, -0.25) is 0 Å². The lowest BCUT2D eigenvalue weighted by Gasteiger charge is -2.17. The van der Waals surface area contributed by atoms with Crippen molar-refractivity contribution in [1.29, 1.82) is 0 Å². The fourth-order valence-electron chi connectivity index (χ4n) is 3.26. The molecule has 1 aromatic rings. The van der Waals surface area contributed by atoms with Crippen molar-refractivity contribution < 1.29 is 8.42 Å². The van der Waals surface area contributed by atoms with Crippen molar-refractivity contribution in [2.24, 2.45) is 5.92 Å². The van der Waals surface area contributed by atoms with Gasteiger partial charge in [0.25, 0.3) is 0 Å². The van der Waals surface area contributed by atoms with Crippen LogP contribution in [0.15, 0.2) is 23.1 Å². The van der Waals surface area contributed by atoms with Gasteiger partial charge in [-0.15, -0.1) is 11.6 Å². The summed E-state index contributed by atoms with van der Waals surface area (Å²) in [7, 11) is -3.32. The van der Waals surface area contributed by atoms with Crippen LogP contribution >= 0.6 is 11.6 Å². The molecule has 20 heavy (non-hydrogen) atoms. The Morgan fingerprint density at radius 3 is 2.85 bits per heavy atom. The Labute approximate surface area is 126 Å². The van der Waals surface area contributed by atoms with Gasteiger partial charge >= 0.3 is 0 Å². The molecule has 0 radical (unpaired) electrons. The summed E-state index contributed by atoms with van der Waals surface area (Å²) < 4.78 is 27.0. The molecule has 0 bridgehead atoms. The predicted molar refractivity (Wildman–Crippen MR) is 80.7 cm³/mol. The summed E-state index contributed by atoms with van der Waals surface area (Å²) in [6, 6.07) is 5.64. The first kappa shape index (κ1) is 14.4. The van der Waals surface area contributed by atoms with Gasteiger partial charge in [-0.2, -0.15) is 4.31 Å². The first-order chi connectivity index (χ1) is 9.61. The smallest absolute Gasteiger partial charge is 0.207 e. The standard InChI is InChI=1S/C15H20ClNO2S/c16-8-6-12-7-9-17(11-12)20(18,19)15-5-4-13-2-1-3-14(13)10-15/h4-5,10,12H,1-3,6-9,11H2. The molecular weight excluding hydrogens is 294 g/mol. The molecule has 0 spiro atoms. The van der Waals surface area contributed by atoms with Gasteiger partial charge in [0.15, 0.2) is 0 Å². The second-order valence-electron chi connectivity index (χ2n) is 5.78. The molecule has 1 aliphatic heterocycles. The number of hydrogen-bond donors (Lipinski definition) is 0. The van der Waals surface area contributed by atoms with E-state index in [-0.39, 0.29) is 0 Å². The minimum atomic E-state index is -3.32. The van der Waals surface area contributed by atoms with E-state index in [1.165, 1.54) is 11.1 Å². The lowest BCUT2D eigenvalue weighted by molar-refractivity contribution is 0.453. The van der Waals surface area contributed by atoms with Gasteiger partial charge in [0.05, 0.1) is 4.90 Å². The van der Waals surface area contributed by atoms with E-state index in [9.17, 15) is 8.42 Å². The lowest BCUT2D eigenvalue weighted by atomic mass is 10.1. The van der Waals surface area contributed by atoms with Crippen molar-refractivity contribution in [3.63, 3.8) is 0 Å². The zero-order chi connectivity index (χ0) is 14.2. The first-order valence-electron chi connectivity index (χ1n) is 7.29. The summed E-state index contributed by atoms with van der Waals surface area (Å²) >= 11 is 5.76. The number of sulfonamides is 1. The number of alkyl halides is 1. The zero-order valence-electron chi connectivity index (χ0n) is 11.5. The first-order valence-corrected chi connectivity index (χ1v) is 9.26. The molecule has 0 aromatic heterocycles. The van der Waals surface area contributed by atoms with Crippen molar-refractivity contribution in [2.75, 3.05) is 19.0 Å². The molecule has 0 saturated carbocycles. The molecule has 1 aromatic carbocycles. The van der Waals surface area contributed by atoms with E-state index in [0.717, 1.165) is 32.1 Å². The highest BCUT2D eigenvalue weighted by atomic mass is 35.5. The molecule has 1 fully saturated rings. The Bertz CT molecular complexity index is 600. The SMILES string of the molecule is O=S(=O)(c1ccc2c(c1)CCC2)N1CCC(CCCl)C1. The summed E-state index contributed by atoms with van der Waals surface area (Å²) in [5, 5.41) is 0. The van der Waals surface area contributed by atoms with Crippen LogP contribution in [0.5, 0.6) is 0 Å². The Morgan fingerprint density at radius 2 is 2.05 bits per heavy atom. The molecule has 3 rings (SSSR count). The predicted octanol–water partition coefficient (Wildman–Crippen LogP) is 2.81. The average molecular weight is 314 g/mol. The molecule has 3 nitrogen and oxygen atoms in total. The number of nitrogens with zero attached hydrogens (tertiary/aromatic N) is 1. The molecule has 1 atom stereocenters. The molecule has 0 N–H and O–H groups in total. The molecular formula is C15H20ClNO2S. The minimum Gasteiger partial charge on any atom is -0.207 e. The molecule has 1 aliphatic carbocycles. The number of halogens is 1. The number of hydrogen-bond acceptors (Lipinski definition) is 2. The van der Waals surface area contributed by atoms with E-state index < -0.39 is 10.0 Å². The van der Waals surface area contributed by atoms with E-state index in [1.54, 1.807) is 10.4 Å². The Hall–Kier alpha value is -0.580. The molecule has 1 unspecified atom stereocenters. The van der Waals surface area contributed by atoms with E-state index in [0.29, 0.717) is 29.8 Å². The fraction of sp³-hybridized carbons (Fsp3) is 0.600. The second kappa shape index (κ2) is 5.66. The van der Waals surface area contributed by atoms with Gasteiger partial charge in [0.1, 0.15) is 0 Å². The van der Waals surface area contributed by atoms with E-state index >= 15 is 0 Å². The Balaban J connectivity index is 1.82. The van der Waals surface area contributed by atoms with E-state index in [1.807, 2.05) is 12.1 Å². The maximum atomic E-state index is 12.7. The third-order valence-corrected chi connectivity index (χ3v) is 6.55. The van der Waals surface area contributed by atoms with Crippen LogP contribution in [0.3, 0.4) is 0 Å². The summed E-state index contributed by atoms with van der Waals surface area (Å²) in [6.07, 6.45) is 5.06. The van der Waals surface area contributed by atoms with E-state index in [4.69, 9.17) is 11.6 Å². The topological polar surface area (TPSA) is 37.4 Å². The minimum absolute atomic E-state index is 0.414. The Kier molecular flexibility index (Phi) is 4.07. The van der Waals surface area contributed by atoms with Crippen LogP contribution in [0, 0.1) is 5.92 Å². The lowest BCUT2D eigenvalue weighted by Crippen LogP contribution is -2.29. The highest BCUT2D eigenvalue weighted by molar-refractivity contribution is 7.89. The maximum Gasteiger partial charge on any atom is 0.243 e. The van der Waals surface area contributed by atoms with Gasteiger partial charge in [-0.1, -0.05) is 6.07 Å². The molecule has 1 saturated heterocycles. The summed E-state index contributed by atoms with van der Waals surface area (Å²) in [5.74, 6) is 1.02. The summed E-state index contributed by atoms with van der Waals surface area (Å²) in [5.41, 5.74) is 2.52. The highest BCUT2D eigenvalue weighted by Crippen LogP contribution is 2.29. The third-order valence-electron chi connectivity index (χ3n) is 4.47. The van der Waals surface area contributed by atoms with Crippen LogP contribution in [0.1, 0.15) is 30.4 Å². The zero-order valence-corrected chi connectivity index (χ0v) is 13.1. The van der Waals surface area contributed by atoms with Gasteiger partial charge in [0.2, 0.25) is 10.0 Å². The van der Waals surface area contributed by atoms with Crippen LogP contribution in [0.4, 0.5) is 0 Å². The summed E-state index contributed by atoms with van der Waals surface area (Å²) in [4.78, 5) is 0.463. The highest BCUT2D eigenvalue weighted by Gasteiger charge is 2.32. The quantitative estimate of drug-likeness (QED) is 0.802. The van der Waals surface area contributed by atoms with Gasteiger partial charge in [-0.05, 0) is 61.3 Å². The van der Waals surface area contributed by atoms with Crippen LogP contribution in [0.2, 0.25) is 0 Å². The van der Waals surface area contributed by atoms with Crippen LogP contribution in [-0.4, -0.2) is 31.7 Å². The van der Waals surface area contributed by atoms with Gasteiger partial charge < -0.3 is 0 Å². The van der Waals surface area contributed by atoms with E-state index in [2.05, 4.69) is 0 Å². The normalized spacial score (nSPS) is 23.1. The maximum absolute atomic E-state index is 12.7. The number of rotatable bonds is 4. The van der Waals surface area contributed by atoms with Crippen molar-refractivity contribution in [3.05, 3.63) is 29.3 Å². The average Bonchev–Trinajstić information content (AvgIpc) is 3.06. The van der Waals surface area contributed by atoms with Crippen LogP contribution in [-0.2, 0) is 22.9 Å². The van der Waals surface area contributed by atoms with Crippen molar-refractivity contribution >= 4 is 21.6 Å². The molecule has 110 valence electrons. The monoisotopic (exact) mass is 313 g/mol. The molecule has 5 heteroatoms. The van der Waals surface area contributed by atoms with Crippen molar-refractivity contribution in [1.82, 2.24) is 4.31 Å². The van der Waals surface area contributed by atoms with Crippen LogP contribution in [0.25, 0.3) is 0 Å². The van der Waals surface area contributed by atoms with Crippen LogP contribution < -0.4 is 0 Å². The molecule has 0 amide bonds. The molecule has 1 heterocycles. The van der Waals surface area contributed by atoms with Crippen molar-refractivity contribution in [3.8, 4) is 0 Å². The van der Waals surface area contributed by atoms with Crippen molar-refractivity contribution in [2.45, 2.75) is 37.0 Å².